The molecule has 1 rings (SSSR count). The van der Waals surface area contributed by atoms with Crippen LogP contribution in [0.5, 0.6) is 0 Å². The normalized spacial score (nSPS) is 16.5. The van der Waals surface area contributed by atoms with Crippen molar-refractivity contribution >= 4 is 43.1 Å². The highest BCUT2D eigenvalue weighted by atomic mass is 32.1. The minimum atomic E-state index is -0.731. The van der Waals surface area contributed by atoms with E-state index in [0.717, 1.165) is 9.80 Å². The molecule has 0 aromatic carbocycles. The topological polar surface area (TPSA) is 57.7 Å². The van der Waals surface area contributed by atoms with E-state index in [2.05, 4.69) is 25.3 Å². The van der Waals surface area contributed by atoms with Gasteiger partial charge in [0.25, 0.3) is 0 Å². The Morgan fingerprint density at radius 1 is 0.812 bits per heavy atom. The van der Waals surface area contributed by atoms with Gasteiger partial charge in [0, 0.05) is 13.1 Å². The van der Waals surface area contributed by atoms with E-state index in [4.69, 9.17) is 0 Å². The zero-order chi connectivity index (χ0) is 12.1. The second kappa shape index (κ2) is 6.15. The van der Waals surface area contributed by atoms with E-state index < -0.39 is 17.8 Å². The molecule has 1 fully saturated rings. The van der Waals surface area contributed by atoms with Gasteiger partial charge in [0.15, 0.2) is 0 Å². The molecular weight excluding hydrogens is 248 g/mol. The van der Waals surface area contributed by atoms with Crippen LogP contribution in [0.25, 0.3) is 0 Å². The van der Waals surface area contributed by atoms with E-state index in [0.29, 0.717) is 24.3 Å². The summed E-state index contributed by atoms with van der Waals surface area (Å²) >= 11 is 7.99. The Kier molecular flexibility index (Phi) is 5.14. The number of rotatable bonds is 6. The molecule has 1 aliphatic heterocycles. The molecule has 1 saturated heterocycles. The maximum absolute atomic E-state index is 11.7. The Morgan fingerprint density at radius 2 is 1.19 bits per heavy atom. The average Bonchev–Trinajstić information content (AvgIpc) is 2.47. The zero-order valence-electron chi connectivity index (χ0n) is 8.76. The van der Waals surface area contributed by atoms with Crippen molar-refractivity contribution in [1.82, 2.24) is 9.80 Å². The quantitative estimate of drug-likeness (QED) is 0.414. The first kappa shape index (κ1) is 13.4. The summed E-state index contributed by atoms with van der Waals surface area (Å²) in [6.45, 7) is 0.508. The van der Waals surface area contributed by atoms with E-state index in [1.165, 1.54) is 0 Å². The number of amides is 4. The van der Waals surface area contributed by atoms with Crippen LogP contribution in [0.3, 0.4) is 0 Å². The number of urea groups is 1. The van der Waals surface area contributed by atoms with Gasteiger partial charge in [-0.25, -0.2) is 4.79 Å². The first-order valence-electron chi connectivity index (χ1n) is 5.02. The summed E-state index contributed by atoms with van der Waals surface area (Å²) < 4.78 is 0. The smallest absolute Gasteiger partial charge is 0.263 e. The number of nitrogens with zero attached hydrogens (tertiary/aromatic N) is 2. The first-order valence-corrected chi connectivity index (χ1v) is 6.29. The van der Waals surface area contributed by atoms with Gasteiger partial charge in [0.2, 0.25) is 0 Å². The van der Waals surface area contributed by atoms with Crippen LogP contribution in [-0.4, -0.2) is 52.2 Å². The average molecular weight is 262 g/mol. The molecule has 0 spiro atoms. The molecule has 0 atom stereocenters. The predicted molar refractivity (Wildman–Crippen MR) is 65.8 cm³/mol. The Morgan fingerprint density at radius 3 is 1.50 bits per heavy atom. The van der Waals surface area contributed by atoms with Gasteiger partial charge in [-0.15, -0.1) is 0 Å². The molecule has 5 nitrogen and oxygen atoms in total. The highest BCUT2D eigenvalue weighted by Gasteiger charge is 2.43. The van der Waals surface area contributed by atoms with Crippen molar-refractivity contribution in [2.75, 3.05) is 24.6 Å². The molecule has 0 bridgehead atoms. The van der Waals surface area contributed by atoms with Crippen molar-refractivity contribution in [3.8, 4) is 0 Å². The van der Waals surface area contributed by atoms with E-state index in [-0.39, 0.29) is 13.1 Å². The van der Waals surface area contributed by atoms with E-state index in [9.17, 15) is 14.4 Å². The zero-order valence-corrected chi connectivity index (χ0v) is 10.5. The lowest BCUT2D eigenvalue weighted by molar-refractivity contribution is -0.143. The van der Waals surface area contributed by atoms with Crippen LogP contribution in [0.15, 0.2) is 0 Å². The number of hydrogen-bond acceptors (Lipinski definition) is 5. The van der Waals surface area contributed by atoms with Gasteiger partial charge in [0.1, 0.15) is 0 Å². The number of carbonyl (C=O) groups is 3. The maximum atomic E-state index is 11.7. The van der Waals surface area contributed by atoms with Crippen molar-refractivity contribution in [2.45, 2.75) is 12.8 Å². The number of hydrogen-bond donors (Lipinski definition) is 2. The summed E-state index contributed by atoms with van der Waals surface area (Å²) in [6.07, 6.45) is 1.18. The Balaban J connectivity index is 2.66. The van der Waals surface area contributed by atoms with E-state index in [1.807, 2.05) is 0 Å². The van der Waals surface area contributed by atoms with Gasteiger partial charge in [-0.3, -0.25) is 19.4 Å². The second-order valence-corrected chi connectivity index (χ2v) is 4.24. The molecule has 0 saturated carbocycles. The summed E-state index contributed by atoms with van der Waals surface area (Å²) in [6, 6.07) is -0.515. The monoisotopic (exact) mass is 262 g/mol. The van der Waals surface area contributed by atoms with Crippen molar-refractivity contribution in [2.24, 2.45) is 0 Å². The van der Waals surface area contributed by atoms with Gasteiger partial charge in [-0.05, 0) is 24.3 Å². The third-order valence-corrected chi connectivity index (χ3v) is 2.85. The molecule has 1 heterocycles. The van der Waals surface area contributed by atoms with Crippen LogP contribution in [0.4, 0.5) is 4.79 Å². The molecule has 1 aliphatic rings. The lowest BCUT2D eigenvalue weighted by Gasteiger charge is -2.14. The minimum Gasteiger partial charge on any atom is -0.263 e. The molecule has 0 aliphatic carbocycles. The van der Waals surface area contributed by atoms with Crippen molar-refractivity contribution in [3.05, 3.63) is 0 Å². The second-order valence-electron chi connectivity index (χ2n) is 3.35. The van der Waals surface area contributed by atoms with Crippen LogP contribution >= 0.6 is 25.3 Å². The molecular formula is C9H14N2O3S2. The lowest BCUT2D eigenvalue weighted by atomic mass is 10.4. The van der Waals surface area contributed by atoms with E-state index in [1.54, 1.807) is 0 Å². The third kappa shape index (κ3) is 2.70. The summed E-state index contributed by atoms with van der Waals surface area (Å²) in [5.74, 6) is -0.319. The molecule has 7 heteroatoms. The van der Waals surface area contributed by atoms with Crippen LogP contribution < -0.4 is 0 Å². The molecule has 4 amide bonds. The molecule has 90 valence electrons. The number of imide groups is 2. The fourth-order valence-electron chi connectivity index (χ4n) is 1.40. The summed E-state index contributed by atoms with van der Waals surface area (Å²) in [7, 11) is 0. The maximum Gasteiger partial charge on any atom is 0.334 e. The SMILES string of the molecule is O=C1C(=O)N(CCCS)C(=O)N1CCCS. The number of thiol groups is 2. The molecule has 16 heavy (non-hydrogen) atoms. The standard InChI is InChI=1S/C9H14N2O3S2/c12-7-8(13)11(4-2-6-16)9(14)10(7)3-1-5-15/h15-16H,1-6H2. The van der Waals surface area contributed by atoms with Crippen molar-refractivity contribution < 1.29 is 14.4 Å². The van der Waals surface area contributed by atoms with Crippen LogP contribution in [0.1, 0.15) is 12.8 Å². The highest BCUT2D eigenvalue weighted by Crippen LogP contribution is 2.13. The fraction of sp³-hybridized carbons (Fsp3) is 0.667. The highest BCUT2D eigenvalue weighted by molar-refractivity contribution is 7.80. The third-order valence-electron chi connectivity index (χ3n) is 2.21. The van der Waals surface area contributed by atoms with Gasteiger partial charge in [0.05, 0.1) is 0 Å². The summed E-state index contributed by atoms with van der Waals surface area (Å²) in [5.41, 5.74) is 0. The Bertz CT molecular complexity index is 281. The molecule has 0 radical (unpaired) electrons. The van der Waals surface area contributed by atoms with Gasteiger partial charge >= 0.3 is 17.8 Å². The number of carbonyl (C=O) groups excluding carboxylic acids is 3. The molecule has 0 aromatic rings. The molecule has 0 N–H and O–H groups in total. The van der Waals surface area contributed by atoms with E-state index >= 15 is 0 Å². The fourth-order valence-corrected chi connectivity index (χ4v) is 1.69. The van der Waals surface area contributed by atoms with Crippen molar-refractivity contribution in [3.63, 3.8) is 0 Å². The minimum absolute atomic E-state index is 0.254. The van der Waals surface area contributed by atoms with Crippen molar-refractivity contribution in [1.29, 1.82) is 0 Å². The summed E-state index contributed by atoms with van der Waals surface area (Å²) in [5, 5.41) is 0. The predicted octanol–water partition coefficient (Wildman–Crippen LogP) is 0.417. The van der Waals surface area contributed by atoms with Crippen LogP contribution in [0.2, 0.25) is 0 Å². The molecule has 0 unspecified atom stereocenters. The van der Waals surface area contributed by atoms with Crippen LogP contribution in [0, 0.1) is 0 Å². The van der Waals surface area contributed by atoms with Crippen LogP contribution in [-0.2, 0) is 9.59 Å². The first-order chi connectivity index (χ1) is 7.63. The Labute approximate surface area is 105 Å². The van der Waals surface area contributed by atoms with Gasteiger partial charge in [-0.2, -0.15) is 25.3 Å². The van der Waals surface area contributed by atoms with Gasteiger partial charge < -0.3 is 0 Å². The largest absolute Gasteiger partial charge is 0.334 e. The summed E-state index contributed by atoms with van der Waals surface area (Å²) in [4.78, 5) is 36.6. The van der Waals surface area contributed by atoms with Gasteiger partial charge in [-0.1, -0.05) is 0 Å². The molecule has 0 aromatic heterocycles. The lowest BCUT2D eigenvalue weighted by Crippen LogP contribution is -2.34. The Hall–Kier alpha value is -0.690.